The van der Waals surface area contributed by atoms with Crippen molar-refractivity contribution in [1.29, 1.82) is 0 Å². The summed E-state index contributed by atoms with van der Waals surface area (Å²) >= 11 is 0. The molecule has 1 aliphatic heterocycles. The molecule has 0 aliphatic carbocycles. The zero-order valence-corrected chi connectivity index (χ0v) is 17.4. The fourth-order valence-corrected chi connectivity index (χ4v) is 4.57. The van der Waals surface area contributed by atoms with E-state index in [1.807, 2.05) is 44.4 Å². The molecule has 5 rings (SSSR count). The first kappa shape index (κ1) is 19.5. The van der Waals surface area contributed by atoms with E-state index in [1.54, 1.807) is 18.2 Å². The molecular formula is C25H22FN3O2. The third kappa shape index (κ3) is 3.02. The van der Waals surface area contributed by atoms with Crippen LogP contribution in [-0.4, -0.2) is 41.9 Å². The number of nitrogens with one attached hydrogen (secondary N) is 1. The second-order valence-electron chi connectivity index (χ2n) is 8.16. The number of para-hydroxylation sites is 1. The molecule has 0 bridgehead atoms. The van der Waals surface area contributed by atoms with Crippen LogP contribution in [0.3, 0.4) is 0 Å². The van der Waals surface area contributed by atoms with Gasteiger partial charge in [0.15, 0.2) is 0 Å². The molecule has 1 aromatic heterocycles. The van der Waals surface area contributed by atoms with E-state index in [9.17, 15) is 14.0 Å². The van der Waals surface area contributed by atoms with Crippen LogP contribution >= 0.6 is 0 Å². The molecular weight excluding hydrogens is 393 g/mol. The van der Waals surface area contributed by atoms with Crippen LogP contribution in [0, 0.1) is 5.82 Å². The quantitative estimate of drug-likeness (QED) is 0.491. The predicted molar refractivity (Wildman–Crippen MR) is 120 cm³/mol. The van der Waals surface area contributed by atoms with Gasteiger partial charge in [0.2, 0.25) is 0 Å². The number of carbonyl (C=O) groups is 2. The Morgan fingerprint density at radius 3 is 2.39 bits per heavy atom. The molecule has 1 aliphatic rings. The average Bonchev–Trinajstić information content (AvgIpc) is 3.22. The first-order valence-corrected chi connectivity index (χ1v) is 10.3. The van der Waals surface area contributed by atoms with Crippen molar-refractivity contribution >= 4 is 33.6 Å². The molecule has 0 spiro atoms. The second kappa shape index (κ2) is 7.32. The summed E-state index contributed by atoms with van der Waals surface area (Å²) in [6.45, 7) is 1.66. The molecule has 0 unspecified atom stereocenters. The highest BCUT2D eigenvalue weighted by molar-refractivity contribution is 6.32. The van der Waals surface area contributed by atoms with Gasteiger partial charge < -0.3 is 9.47 Å². The number of benzene rings is 3. The first-order valence-electron chi connectivity index (χ1n) is 10.3. The van der Waals surface area contributed by atoms with E-state index in [0.29, 0.717) is 16.7 Å². The third-order valence-electron chi connectivity index (χ3n) is 5.89. The number of hydrogen-bond acceptors (Lipinski definition) is 3. The number of halogens is 1. The van der Waals surface area contributed by atoms with Crippen molar-refractivity contribution in [3.05, 3.63) is 71.5 Å². The largest absolute Gasteiger partial charge is 0.340 e. The number of amides is 2. The Morgan fingerprint density at radius 1 is 0.903 bits per heavy atom. The lowest BCUT2D eigenvalue weighted by Crippen LogP contribution is -2.20. The molecule has 3 aromatic carbocycles. The van der Waals surface area contributed by atoms with Crippen LogP contribution in [0.5, 0.6) is 0 Å². The van der Waals surface area contributed by atoms with Gasteiger partial charge in [-0.05, 0) is 45.3 Å². The lowest BCUT2D eigenvalue weighted by Gasteiger charge is -2.13. The zero-order valence-electron chi connectivity index (χ0n) is 17.4. The molecule has 0 atom stereocenters. The van der Waals surface area contributed by atoms with Gasteiger partial charge in [-0.25, -0.2) is 4.39 Å². The molecule has 1 N–H and O–H groups in total. The van der Waals surface area contributed by atoms with Crippen LogP contribution in [0.2, 0.25) is 0 Å². The molecule has 31 heavy (non-hydrogen) atoms. The number of nitrogens with zero attached hydrogens (tertiary/aromatic N) is 2. The van der Waals surface area contributed by atoms with Crippen LogP contribution in [0.15, 0.2) is 54.6 Å². The van der Waals surface area contributed by atoms with E-state index in [-0.39, 0.29) is 5.56 Å². The van der Waals surface area contributed by atoms with Crippen molar-refractivity contribution in [1.82, 2.24) is 14.8 Å². The van der Waals surface area contributed by atoms with Crippen molar-refractivity contribution < 1.29 is 14.0 Å². The number of aromatic nitrogens is 1. The fourth-order valence-electron chi connectivity index (χ4n) is 4.57. The van der Waals surface area contributed by atoms with Gasteiger partial charge in [-0.1, -0.05) is 36.4 Å². The summed E-state index contributed by atoms with van der Waals surface area (Å²) in [4.78, 5) is 27.7. The Morgan fingerprint density at radius 2 is 1.61 bits per heavy atom. The van der Waals surface area contributed by atoms with Crippen molar-refractivity contribution in [3.8, 4) is 11.1 Å². The van der Waals surface area contributed by atoms with Gasteiger partial charge in [0.05, 0.1) is 16.6 Å². The van der Waals surface area contributed by atoms with Crippen LogP contribution in [0.1, 0.15) is 27.1 Å². The Balaban J connectivity index is 1.87. The van der Waals surface area contributed by atoms with Gasteiger partial charge in [-0.3, -0.25) is 14.9 Å². The van der Waals surface area contributed by atoms with Crippen molar-refractivity contribution in [2.45, 2.75) is 13.0 Å². The van der Waals surface area contributed by atoms with E-state index >= 15 is 0 Å². The number of imide groups is 1. The second-order valence-corrected chi connectivity index (χ2v) is 8.16. The SMILES string of the molecule is CN(C)CCCn1c2ccccc2c2c3c(c(-c4ccccc4F)cc21)C(=O)NC3=O. The minimum atomic E-state index is -0.482. The normalized spacial score (nSPS) is 13.4. The molecule has 2 amide bonds. The molecule has 0 radical (unpaired) electrons. The van der Waals surface area contributed by atoms with E-state index < -0.39 is 17.6 Å². The Hall–Kier alpha value is -3.51. The third-order valence-corrected chi connectivity index (χ3v) is 5.89. The summed E-state index contributed by atoms with van der Waals surface area (Å²) < 4.78 is 16.9. The number of carbonyl (C=O) groups excluding carboxylic acids is 2. The molecule has 2 heterocycles. The van der Waals surface area contributed by atoms with Gasteiger partial charge in [0.25, 0.3) is 11.8 Å². The number of fused-ring (bicyclic) bond motifs is 5. The van der Waals surface area contributed by atoms with E-state index in [4.69, 9.17) is 0 Å². The standard InChI is InChI=1S/C25H22FN3O2/c1-28(2)12-7-13-29-19-11-6-4-9-16(19)21-20(29)14-17(15-8-3-5-10-18(15)26)22-23(21)25(31)27-24(22)30/h3-6,8-11,14H,7,12-13H2,1-2H3,(H,27,30,31). The van der Waals surface area contributed by atoms with Crippen LogP contribution < -0.4 is 5.32 Å². The number of aryl methyl sites for hydroxylation is 1. The molecule has 156 valence electrons. The number of rotatable bonds is 5. The van der Waals surface area contributed by atoms with Gasteiger partial charge in [0.1, 0.15) is 5.82 Å². The summed E-state index contributed by atoms with van der Waals surface area (Å²) in [5.74, 6) is -1.34. The monoisotopic (exact) mass is 415 g/mol. The minimum absolute atomic E-state index is 0.249. The van der Waals surface area contributed by atoms with Crippen LogP contribution in [0.4, 0.5) is 4.39 Å². The minimum Gasteiger partial charge on any atom is -0.340 e. The summed E-state index contributed by atoms with van der Waals surface area (Å²) in [5, 5.41) is 4.09. The van der Waals surface area contributed by atoms with Crippen LogP contribution in [-0.2, 0) is 6.54 Å². The maximum absolute atomic E-state index is 14.7. The van der Waals surface area contributed by atoms with Gasteiger partial charge in [-0.15, -0.1) is 0 Å². The highest BCUT2D eigenvalue weighted by atomic mass is 19.1. The molecule has 0 fully saturated rings. The maximum Gasteiger partial charge on any atom is 0.259 e. The van der Waals surface area contributed by atoms with Gasteiger partial charge >= 0.3 is 0 Å². The van der Waals surface area contributed by atoms with Crippen molar-refractivity contribution in [3.63, 3.8) is 0 Å². The lowest BCUT2D eigenvalue weighted by molar-refractivity contribution is 0.0880. The maximum atomic E-state index is 14.7. The first-order chi connectivity index (χ1) is 15.0. The fraction of sp³-hybridized carbons (Fsp3) is 0.200. The summed E-state index contributed by atoms with van der Waals surface area (Å²) in [5.41, 5.74) is 3.18. The smallest absolute Gasteiger partial charge is 0.259 e. The highest BCUT2D eigenvalue weighted by Gasteiger charge is 2.34. The Bertz CT molecular complexity index is 1370. The Labute approximate surface area is 179 Å². The highest BCUT2D eigenvalue weighted by Crippen LogP contribution is 2.41. The molecule has 5 nitrogen and oxygen atoms in total. The van der Waals surface area contributed by atoms with E-state index in [0.717, 1.165) is 41.3 Å². The van der Waals surface area contributed by atoms with Gasteiger partial charge in [-0.2, -0.15) is 0 Å². The van der Waals surface area contributed by atoms with Crippen LogP contribution in [0.25, 0.3) is 32.9 Å². The average molecular weight is 415 g/mol. The molecule has 0 saturated heterocycles. The Kier molecular flexibility index (Phi) is 4.59. The topological polar surface area (TPSA) is 54.3 Å². The zero-order chi connectivity index (χ0) is 21.7. The molecule has 4 aromatic rings. The van der Waals surface area contributed by atoms with Crippen molar-refractivity contribution in [2.75, 3.05) is 20.6 Å². The summed E-state index contributed by atoms with van der Waals surface area (Å²) in [6.07, 6.45) is 0.915. The molecule has 6 heteroatoms. The lowest BCUT2D eigenvalue weighted by atomic mass is 9.92. The predicted octanol–water partition coefficient (Wildman–Crippen LogP) is 4.44. The van der Waals surface area contributed by atoms with Crippen molar-refractivity contribution in [2.24, 2.45) is 0 Å². The summed E-state index contributed by atoms with van der Waals surface area (Å²) in [7, 11) is 4.07. The van der Waals surface area contributed by atoms with E-state index in [1.165, 1.54) is 6.07 Å². The number of hydrogen-bond donors (Lipinski definition) is 1. The van der Waals surface area contributed by atoms with Gasteiger partial charge in [0, 0.05) is 34.0 Å². The van der Waals surface area contributed by atoms with E-state index in [2.05, 4.69) is 14.8 Å². The molecule has 0 saturated carbocycles. The summed E-state index contributed by atoms with van der Waals surface area (Å²) in [6, 6.07) is 16.1.